The van der Waals surface area contributed by atoms with E-state index >= 15 is 0 Å². The molecule has 1 aliphatic carbocycles. The number of likely N-dealkylation sites (N-methyl/N-ethyl adjacent to an activating group) is 1. The molecule has 1 fully saturated rings. The van der Waals surface area contributed by atoms with Crippen molar-refractivity contribution in [3.8, 4) is 0 Å². The molecule has 0 radical (unpaired) electrons. The lowest BCUT2D eigenvalue weighted by Gasteiger charge is -2.49. The van der Waals surface area contributed by atoms with E-state index in [0.717, 1.165) is 42.9 Å². The van der Waals surface area contributed by atoms with Crippen LogP contribution in [-0.2, 0) is 9.53 Å². The molecule has 3 aliphatic rings. The van der Waals surface area contributed by atoms with Gasteiger partial charge in [-0.2, -0.15) is 0 Å². The highest BCUT2D eigenvalue weighted by Gasteiger charge is 2.56. The second-order valence-corrected chi connectivity index (χ2v) is 9.55. The fourth-order valence-electron chi connectivity index (χ4n) is 3.96. The highest BCUT2D eigenvalue weighted by Crippen LogP contribution is 2.54. The van der Waals surface area contributed by atoms with Gasteiger partial charge in [-0.15, -0.1) is 23.5 Å². The quantitative estimate of drug-likeness (QED) is 0.727. The van der Waals surface area contributed by atoms with E-state index in [9.17, 15) is 4.79 Å². The van der Waals surface area contributed by atoms with Crippen LogP contribution >= 0.6 is 23.5 Å². The van der Waals surface area contributed by atoms with E-state index in [1.165, 1.54) is 17.7 Å². The molecule has 0 amide bonds. The van der Waals surface area contributed by atoms with Gasteiger partial charge in [0, 0.05) is 19.2 Å². The van der Waals surface area contributed by atoms with Gasteiger partial charge in [-0.05, 0) is 54.9 Å². The van der Waals surface area contributed by atoms with Crippen LogP contribution in [0.3, 0.4) is 0 Å². The summed E-state index contributed by atoms with van der Waals surface area (Å²) in [6.45, 7) is 0. The van der Waals surface area contributed by atoms with Crippen molar-refractivity contribution in [1.29, 1.82) is 0 Å². The topological polar surface area (TPSA) is 29.5 Å². The van der Waals surface area contributed by atoms with Crippen molar-refractivity contribution in [3.63, 3.8) is 0 Å². The second kappa shape index (κ2) is 6.68. The number of hydrogen-bond donors (Lipinski definition) is 0. The minimum Gasteiger partial charge on any atom is -0.429 e. The summed E-state index contributed by atoms with van der Waals surface area (Å²) in [6, 6.07) is 10.5. The maximum atomic E-state index is 13.0. The van der Waals surface area contributed by atoms with Gasteiger partial charge in [0.05, 0.1) is 6.04 Å². The summed E-state index contributed by atoms with van der Waals surface area (Å²) in [5.41, 5.74) is 2.52. The monoisotopic (exact) mass is 361 g/mol. The van der Waals surface area contributed by atoms with Crippen molar-refractivity contribution in [2.75, 3.05) is 23.5 Å². The Morgan fingerprint density at radius 3 is 2.54 bits per heavy atom. The third-order valence-electron chi connectivity index (χ3n) is 5.12. The molecule has 1 aromatic carbocycles. The van der Waals surface area contributed by atoms with Crippen LogP contribution in [0.1, 0.15) is 32.1 Å². The Hall–Kier alpha value is -1.07. The molecule has 0 N–H and O–H groups in total. The van der Waals surface area contributed by atoms with Gasteiger partial charge < -0.3 is 9.64 Å². The zero-order chi connectivity index (χ0) is 16.6. The summed E-state index contributed by atoms with van der Waals surface area (Å²) in [7, 11) is 2.13. The predicted octanol–water partition coefficient (Wildman–Crippen LogP) is 4.44. The molecule has 2 heterocycles. The summed E-state index contributed by atoms with van der Waals surface area (Å²) < 4.78 is 5.36. The van der Waals surface area contributed by atoms with Crippen LogP contribution in [0.15, 0.2) is 41.7 Å². The maximum Gasteiger partial charge on any atom is 0.340 e. The lowest BCUT2D eigenvalue weighted by molar-refractivity contribution is -0.142. The van der Waals surface area contributed by atoms with Crippen molar-refractivity contribution in [1.82, 2.24) is 0 Å². The van der Waals surface area contributed by atoms with Crippen LogP contribution in [0.2, 0.25) is 0 Å². The minimum atomic E-state index is -0.515. The second-order valence-electron chi connectivity index (χ2n) is 6.61. The van der Waals surface area contributed by atoms with Crippen LogP contribution in [-0.4, -0.2) is 34.6 Å². The number of nitrogens with zero attached hydrogens (tertiary/aromatic N) is 1. The first-order valence-electron chi connectivity index (χ1n) is 8.72. The average Bonchev–Trinajstić information content (AvgIpc) is 2.64. The van der Waals surface area contributed by atoms with E-state index in [0.29, 0.717) is 0 Å². The Morgan fingerprint density at radius 2 is 1.79 bits per heavy atom. The van der Waals surface area contributed by atoms with Crippen molar-refractivity contribution in [3.05, 3.63) is 41.7 Å². The first-order chi connectivity index (χ1) is 11.7. The lowest BCUT2D eigenvalue weighted by atomic mass is 9.87. The zero-order valence-electron chi connectivity index (χ0n) is 14.0. The van der Waals surface area contributed by atoms with Gasteiger partial charge in [0.15, 0.2) is 4.08 Å². The SMILES string of the molecule is CN(c1ccccc1)[C@H]1C2=C(CCCC2)OC(=O)C12SCCCS2. The van der Waals surface area contributed by atoms with E-state index in [4.69, 9.17) is 4.74 Å². The third kappa shape index (κ3) is 2.66. The van der Waals surface area contributed by atoms with E-state index in [1.54, 1.807) is 23.5 Å². The lowest BCUT2D eigenvalue weighted by Crippen LogP contribution is -2.58. The summed E-state index contributed by atoms with van der Waals surface area (Å²) in [5.74, 6) is 2.98. The van der Waals surface area contributed by atoms with Gasteiger partial charge in [0.2, 0.25) is 0 Å². The molecule has 24 heavy (non-hydrogen) atoms. The molecule has 128 valence electrons. The molecule has 1 saturated heterocycles. The van der Waals surface area contributed by atoms with Gasteiger partial charge >= 0.3 is 5.97 Å². The van der Waals surface area contributed by atoms with Gasteiger partial charge in [-0.25, -0.2) is 4.79 Å². The van der Waals surface area contributed by atoms with E-state index < -0.39 is 4.08 Å². The minimum absolute atomic E-state index is 0.0365. The molecule has 1 spiro atoms. The normalized spacial score (nSPS) is 26.0. The Morgan fingerprint density at radius 1 is 1.08 bits per heavy atom. The molecule has 1 aromatic rings. The third-order valence-corrected chi connectivity index (χ3v) is 8.45. The number of thioether (sulfide) groups is 2. The molecule has 5 heteroatoms. The molecule has 1 atom stereocenters. The van der Waals surface area contributed by atoms with Crippen LogP contribution in [0.4, 0.5) is 5.69 Å². The summed E-state index contributed by atoms with van der Waals surface area (Å²) in [6.07, 6.45) is 5.44. The molecule has 4 rings (SSSR count). The summed E-state index contributed by atoms with van der Waals surface area (Å²) in [4.78, 5) is 15.4. The van der Waals surface area contributed by atoms with Crippen LogP contribution < -0.4 is 4.90 Å². The zero-order valence-corrected chi connectivity index (χ0v) is 15.6. The Labute approximate surface area is 152 Å². The molecule has 3 nitrogen and oxygen atoms in total. The Bertz CT molecular complexity index is 653. The smallest absolute Gasteiger partial charge is 0.340 e. The Kier molecular flexibility index (Phi) is 4.56. The van der Waals surface area contributed by atoms with Crippen LogP contribution in [0.25, 0.3) is 0 Å². The number of anilines is 1. The number of ether oxygens (including phenoxy) is 1. The largest absolute Gasteiger partial charge is 0.429 e. The first-order valence-corrected chi connectivity index (χ1v) is 10.7. The number of esters is 1. The molecule has 2 aliphatic heterocycles. The predicted molar refractivity (Wildman–Crippen MR) is 102 cm³/mol. The molecular formula is C19H23NO2S2. The summed E-state index contributed by atoms with van der Waals surface area (Å²) in [5, 5.41) is 0. The van der Waals surface area contributed by atoms with Crippen molar-refractivity contribution >= 4 is 35.2 Å². The van der Waals surface area contributed by atoms with Crippen LogP contribution in [0.5, 0.6) is 0 Å². The van der Waals surface area contributed by atoms with E-state index in [-0.39, 0.29) is 12.0 Å². The molecular weight excluding hydrogens is 338 g/mol. The summed E-state index contributed by atoms with van der Waals surface area (Å²) >= 11 is 3.59. The molecule has 0 unspecified atom stereocenters. The molecule has 0 saturated carbocycles. The van der Waals surface area contributed by atoms with E-state index in [2.05, 4.69) is 36.2 Å². The van der Waals surface area contributed by atoms with Crippen LogP contribution in [0, 0.1) is 0 Å². The maximum absolute atomic E-state index is 13.0. The average molecular weight is 362 g/mol. The highest BCUT2D eigenvalue weighted by atomic mass is 32.2. The fourth-order valence-corrected chi connectivity index (χ4v) is 7.39. The number of rotatable bonds is 2. The van der Waals surface area contributed by atoms with Gasteiger partial charge in [0.1, 0.15) is 5.76 Å². The number of allylic oxidation sites excluding steroid dienone is 1. The highest BCUT2D eigenvalue weighted by molar-refractivity contribution is 8.20. The van der Waals surface area contributed by atoms with Crippen molar-refractivity contribution in [2.45, 2.75) is 42.2 Å². The Balaban J connectivity index is 1.81. The number of carbonyl (C=O) groups excluding carboxylic acids is 1. The molecule has 0 bridgehead atoms. The van der Waals surface area contributed by atoms with Gasteiger partial charge in [-0.1, -0.05) is 18.2 Å². The first kappa shape index (κ1) is 16.4. The van der Waals surface area contributed by atoms with E-state index in [1.807, 2.05) is 6.07 Å². The molecule has 0 aromatic heterocycles. The number of carbonyl (C=O) groups is 1. The van der Waals surface area contributed by atoms with Gasteiger partial charge in [-0.3, -0.25) is 0 Å². The van der Waals surface area contributed by atoms with Gasteiger partial charge in [0.25, 0.3) is 0 Å². The van der Waals surface area contributed by atoms with Crippen molar-refractivity contribution < 1.29 is 9.53 Å². The fraction of sp³-hybridized carbons (Fsp3) is 0.526. The van der Waals surface area contributed by atoms with Crippen molar-refractivity contribution in [2.24, 2.45) is 0 Å². The number of para-hydroxylation sites is 1. The number of benzene rings is 1. The number of hydrogen-bond acceptors (Lipinski definition) is 5. The standard InChI is InChI=1S/C19H23NO2S2/c1-20(14-8-3-2-4-9-14)17-15-10-5-6-11-16(15)22-18(21)19(17)23-12-7-13-24-19/h2-4,8-9,17H,5-7,10-13H2,1H3/t17-/m0/s1.